The summed E-state index contributed by atoms with van der Waals surface area (Å²) in [7, 11) is 1.67. The molecule has 6 heteroatoms. The molecular weight excluding hydrogens is 416 g/mol. The highest BCUT2D eigenvalue weighted by atomic mass is 16.5. The zero-order chi connectivity index (χ0) is 23.0. The van der Waals surface area contributed by atoms with Gasteiger partial charge in [-0.1, -0.05) is 54.6 Å². The topological polar surface area (TPSA) is 66.9 Å². The quantitative estimate of drug-likeness (QED) is 0.637. The fraction of sp³-hybridized carbons (Fsp3) is 0.444. The van der Waals surface area contributed by atoms with E-state index in [0.29, 0.717) is 13.1 Å². The van der Waals surface area contributed by atoms with Gasteiger partial charge in [0.2, 0.25) is 17.7 Å². The molecular formula is C27H30N2O4. The summed E-state index contributed by atoms with van der Waals surface area (Å²) < 4.78 is 5.48. The highest BCUT2D eigenvalue weighted by Crippen LogP contribution is 2.45. The monoisotopic (exact) mass is 446 g/mol. The van der Waals surface area contributed by atoms with Crippen molar-refractivity contribution >= 4 is 17.7 Å². The molecule has 1 saturated carbocycles. The van der Waals surface area contributed by atoms with Gasteiger partial charge in [0.1, 0.15) is 0 Å². The molecule has 2 saturated heterocycles. The number of nitrogens with zero attached hydrogens (tertiary/aromatic N) is 2. The van der Waals surface area contributed by atoms with Crippen LogP contribution >= 0.6 is 0 Å². The molecule has 1 aliphatic carbocycles. The first-order valence-electron chi connectivity index (χ1n) is 11.8. The van der Waals surface area contributed by atoms with Crippen LogP contribution in [0.4, 0.5) is 0 Å². The molecule has 2 aromatic carbocycles. The Bertz CT molecular complexity index is 1050. The van der Waals surface area contributed by atoms with Crippen molar-refractivity contribution in [1.82, 2.24) is 9.80 Å². The van der Waals surface area contributed by atoms with Crippen molar-refractivity contribution in [3.63, 3.8) is 0 Å². The SMILES string of the molecule is COC1CCCN(C(=O)CC2(c3ccc(-c4ccccc4)cc3)CC(=O)N(C3CC3)C2=O)C1. The number of benzene rings is 2. The number of hydrogen-bond donors (Lipinski definition) is 0. The second-order valence-electron chi connectivity index (χ2n) is 9.52. The molecule has 172 valence electrons. The molecule has 3 amide bonds. The predicted octanol–water partition coefficient (Wildman–Crippen LogP) is 3.54. The lowest BCUT2D eigenvalue weighted by Crippen LogP contribution is -2.47. The molecule has 0 radical (unpaired) electrons. The molecule has 2 heterocycles. The maximum atomic E-state index is 13.7. The van der Waals surface area contributed by atoms with E-state index in [4.69, 9.17) is 4.74 Å². The molecule has 0 N–H and O–H groups in total. The van der Waals surface area contributed by atoms with Gasteiger partial charge in [-0.2, -0.15) is 0 Å². The predicted molar refractivity (Wildman–Crippen MR) is 124 cm³/mol. The molecule has 0 spiro atoms. The summed E-state index contributed by atoms with van der Waals surface area (Å²) >= 11 is 0. The summed E-state index contributed by atoms with van der Waals surface area (Å²) in [6, 6.07) is 17.8. The maximum Gasteiger partial charge on any atom is 0.241 e. The Labute approximate surface area is 194 Å². The molecule has 2 aromatic rings. The van der Waals surface area contributed by atoms with E-state index in [-0.39, 0.29) is 42.7 Å². The van der Waals surface area contributed by atoms with Gasteiger partial charge in [0.25, 0.3) is 0 Å². The Balaban J connectivity index is 1.47. The Hall–Kier alpha value is -2.99. The van der Waals surface area contributed by atoms with Gasteiger partial charge in [-0.15, -0.1) is 0 Å². The van der Waals surface area contributed by atoms with Gasteiger partial charge in [0.05, 0.1) is 11.5 Å². The van der Waals surface area contributed by atoms with E-state index in [1.54, 1.807) is 12.0 Å². The summed E-state index contributed by atoms with van der Waals surface area (Å²) in [4.78, 5) is 43.3. The number of imide groups is 1. The Morgan fingerprint density at radius 3 is 2.36 bits per heavy atom. The largest absolute Gasteiger partial charge is 0.380 e. The van der Waals surface area contributed by atoms with Gasteiger partial charge in [-0.3, -0.25) is 19.3 Å². The molecule has 6 nitrogen and oxygen atoms in total. The van der Waals surface area contributed by atoms with Crippen LogP contribution in [0.5, 0.6) is 0 Å². The number of carbonyl (C=O) groups is 3. The van der Waals surface area contributed by atoms with E-state index in [2.05, 4.69) is 0 Å². The van der Waals surface area contributed by atoms with Crippen LogP contribution < -0.4 is 0 Å². The number of hydrogen-bond acceptors (Lipinski definition) is 4. The third kappa shape index (κ3) is 4.08. The van der Waals surface area contributed by atoms with E-state index < -0.39 is 5.41 Å². The van der Waals surface area contributed by atoms with Gasteiger partial charge in [-0.05, 0) is 42.4 Å². The number of methoxy groups -OCH3 is 1. The number of rotatable bonds is 6. The Kier molecular flexibility index (Phi) is 5.79. The van der Waals surface area contributed by atoms with Gasteiger partial charge in [-0.25, -0.2) is 0 Å². The molecule has 33 heavy (non-hydrogen) atoms. The fourth-order valence-corrected chi connectivity index (χ4v) is 5.27. The molecule has 5 rings (SSSR count). The number of likely N-dealkylation sites (tertiary alicyclic amines) is 2. The van der Waals surface area contributed by atoms with Crippen molar-refractivity contribution in [3.05, 3.63) is 60.2 Å². The lowest BCUT2D eigenvalue weighted by Gasteiger charge is -2.35. The fourth-order valence-electron chi connectivity index (χ4n) is 5.27. The van der Waals surface area contributed by atoms with Gasteiger partial charge in [0.15, 0.2) is 0 Å². The molecule has 3 aliphatic rings. The number of piperidine rings is 1. The first kappa shape index (κ1) is 21.8. The normalized spacial score (nSPS) is 25.5. The van der Waals surface area contributed by atoms with Crippen molar-refractivity contribution in [2.75, 3.05) is 20.2 Å². The van der Waals surface area contributed by atoms with Gasteiger partial charge in [0, 0.05) is 39.1 Å². The van der Waals surface area contributed by atoms with Crippen LogP contribution in [0.3, 0.4) is 0 Å². The minimum atomic E-state index is -1.13. The Morgan fingerprint density at radius 1 is 1.00 bits per heavy atom. The van der Waals surface area contributed by atoms with E-state index in [0.717, 1.165) is 42.4 Å². The molecule has 0 bridgehead atoms. The Morgan fingerprint density at radius 2 is 1.70 bits per heavy atom. The molecule has 0 aromatic heterocycles. The summed E-state index contributed by atoms with van der Waals surface area (Å²) in [5, 5.41) is 0. The second-order valence-corrected chi connectivity index (χ2v) is 9.52. The molecule has 2 aliphatic heterocycles. The van der Waals surface area contributed by atoms with Crippen molar-refractivity contribution in [3.8, 4) is 11.1 Å². The second kappa shape index (κ2) is 8.75. The number of ether oxygens (including phenoxy) is 1. The van der Waals surface area contributed by atoms with Crippen LogP contribution in [0.25, 0.3) is 11.1 Å². The van der Waals surface area contributed by atoms with Crippen LogP contribution in [-0.4, -0.2) is 59.9 Å². The number of amides is 3. The highest BCUT2D eigenvalue weighted by Gasteiger charge is 2.57. The van der Waals surface area contributed by atoms with Crippen molar-refractivity contribution in [2.24, 2.45) is 0 Å². The van der Waals surface area contributed by atoms with Crippen molar-refractivity contribution in [2.45, 2.75) is 56.1 Å². The van der Waals surface area contributed by atoms with E-state index in [9.17, 15) is 14.4 Å². The summed E-state index contributed by atoms with van der Waals surface area (Å²) in [6.45, 7) is 1.20. The zero-order valence-electron chi connectivity index (χ0n) is 19.0. The first-order valence-corrected chi connectivity index (χ1v) is 11.8. The standard InChI is InChI=1S/C27H30N2O4/c1-33-23-8-5-15-28(18-23)24(30)16-27(17-25(31)29(26(27)32)22-13-14-22)21-11-9-20(10-12-21)19-6-3-2-4-7-19/h2-4,6-7,9-12,22-23H,5,8,13-18H2,1H3. The molecule has 2 unspecified atom stereocenters. The van der Waals surface area contributed by atoms with Crippen LogP contribution in [0.1, 0.15) is 44.1 Å². The van der Waals surface area contributed by atoms with Gasteiger partial charge >= 0.3 is 0 Å². The maximum absolute atomic E-state index is 13.7. The molecule has 3 fully saturated rings. The van der Waals surface area contributed by atoms with Crippen molar-refractivity contribution < 1.29 is 19.1 Å². The van der Waals surface area contributed by atoms with E-state index >= 15 is 0 Å². The van der Waals surface area contributed by atoms with Gasteiger partial charge < -0.3 is 9.64 Å². The lowest BCUT2D eigenvalue weighted by atomic mass is 9.75. The van der Waals surface area contributed by atoms with Crippen LogP contribution in [-0.2, 0) is 24.5 Å². The minimum absolute atomic E-state index is 0.00146. The third-order valence-corrected chi connectivity index (χ3v) is 7.32. The lowest BCUT2D eigenvalue weighted by molar-refractivity contribution is -0.144. The van der Waals surface area contributed by atoms with E-state index in [1.807, 2.05) is 54.6 Å². The summed E-state index contributed by atoms with van der Waals surface area (Å²) in [6.07, 6.45) is 3.62. The molecule has 2 atom stereocenters. The highest BCUT2D eigenvalue weighted by molar-refractivity contribution is 6.11. The third-order valence-electron chi connectivity index (χ3n) is 7.32. The smallest absolute Gasteiger partial charge is 0.241 e. The first-order chi connectivity index (χ1) is 16.0. The average molecular weight is 447 g/mol. The average Bonchev–Trinajstić information content (AvgIpc) is 3.65. The van der Waals surface area contributed by atoms with E-state index in [1.165, 1.54) is 4.90 Å². The summed E-state index contributed by atoms with van der Waals surface area (Å²) in [5.74, 6) is -0.449. The summed E-state index contributed by atoms with van der Waals surface area (Å²) in [5.41, 5.74) is 1.74. The zero-order valence-corrected chi connectivity index (χ0v) is 19.0. The minimum Gasteiger partial charge on any atom is -0.380 e. The van der Waals surface area contributed by atoms with Crippen LogP contribution in [0.2, 0.25) is 0 Å². The van der Waals surface area contributed by atoms with Crippen LogP contribution in [0.15, 0.2) is 54.6 Å². The van der Waals surface area contributed by atoms with Crippen LogP contribution in [0, 0.1) is 0 Å². The van der Waals surface area contributed by atoms with Crippen molar-refractivity contribution in [1.29, 1.82) is 0 Å². The number of carbonyl (C=O) groups excluding carboxylic acids is 3.